The minimum atomic E-state index is 0.964. The van der Waals surface area contributed by atoms with E-state index in [1.807, 2.05) is 36.3 Å². The second-order valence-electron chi connectivity index (χ2n) is 6.30. The van der Waals surface area contributed by atoms with Gasteiger partial charge in [0.15, 0.2) is 11.0 Å². The molecule has 3 rings (SSSR count). The van der Waals surface area contributed by atoms with E-state index in [1.165, 1.54) is 38.8 Å². The van der Waals surface area contributed by atoms with E-state index >= 15 is 0 Å². The zero-order valence-corrected chi connectivity index (χ0v) is 15.3. The van der Waals surface area contributed by atoms with E-state index in [4.69, 9.17) is 0 Å². The molecule has 2 aromatic rings. The van der Waals surface area contributed by atoms with Crippen molar-refractivity contribution in [1.82, 2.24) is 24.6 Å². The zero-order valence-electron chi connectivity index (χ0n) is 14.5. The van der Waals surface area contributed by atoms with E-state index in [-0.39, 0.29) is 0 Å². The third-order valence-electron chi connectivity index (χ3n) is 4.48. The van der Waals surface area contributed by atoms with Crippen LogP contribution in [-0.2, 0) is 6.54 Å². The molecule has 0 radical (unpaired) electrons. The molecule has 2 aromatic heterocycles. The predicted octanol–water partition coefficient (Wildman–Crippen LogP) is 3.72. The van der Waals surface area contributed by atoms with Crippen molar-refractivity contribution in [3.63, 3.8) is 0 Å². The summed E-state index contributed by atoms with van der Waals surface area (Å²) in [6.45, 7) is 6.86. The molecule has 1 aliphatic rings. The van der Waals surface area contributed by atoms with Gasteiger partial charge in [-0.2, -0.15) is 0 Å². The molecule has 0 amide bonds. The van der Waals surface area contributed by atoms with Gasteiger partial charge >= 0.3 is 0 Å². The second-order valence-corrected chi connectivity index (χ2v) is 7.36. The Morgan fingerprint density at radius 3 is 2.58 bits per heavy atom. The number of thioether (sulfide) groups is 1. The standard InChI is InChI=1S/C18H27N5S/c1-2-3-13-23-17(16-7-9-19-10-8-16)20-21-18(23)24-15-14-22-11-5-4-6-12-22/h7-10H,2-6,11-15H2,1H3. The highest BCUT2D eigenvalue weighted by Gasteiger charge is 2.15. The third kappa shape index (κ3) is 4.57. The molecule has 1 fully saturated rings. The molecule has 24 heavy (non-hydrogen) atoms. The number of unbranched alkanes of at least 4 members (excludes halogenated alkanes) is 1. The zero-order chi connectivity index (χ0) is 16.6. The van der Waals surface area contributed by atoms with Crippen LogP contribution in [0.1, 0.15) is 39.0 Å². The maximum absolute atomic E-state index is 4.47. The van der Waals surface area contributed by atoms with Crippen LogP contribution in [0.2, 0.25) is 0 Å². The van der Waals surface area contributed by atoms with Crippen LogP contribution in [0.15, 0.2) is 29.7 Å². The number of rotatable bonds is 8. The molecular formula is C18H27N5S. The SMILES string of the molecule is CCCCn1c(SCCN2CCCCC2)nnc1-c1ccncc1. The first kappa shape index (κ1) is 17.4. The Morgan fingerprint density at radius 1 is 1.04 bits per heavy atom. The molecule has 0 saturated carbocycles. The summed E-state index contributed by atoms with van der Waals surface area (Å²) < 4.78 is 2.28. The van der Waals surface area contributed by atoms with E-state index < -0.39 is 0 Å². The van der Waals surface area contributed by atoms with Gasteiger partial charge in [0.05, 0.1) is 0 Å². The van der Waals surface area contributed by atoms with Crippen molar-refractivity contribution in [2.75, 3.05) is 25.4 Å². The van der Waals surface area contributed by atoms with Crippen molar-refractivity contribution in [3.8, 4) is 11.4 Å². The lowest BCUT2D eigenvalue weighted by molar-refractivity contribution is 0.242. The molecule has 0 bridgehead atoms. The first-order chi connectivity index (χ1) is 11.9. The fourth-order valence-corrected chi connectivity index (χ4v) is 4.04. The van der Waals surface area contributed by atoms with E-state index in [0.717, 1.165) is 41.8 Å². The van der Waals surface area contributed by atoms with Crippen LogP contribution in [-0.4, -0.2) is 50.0 Å². The van der Waals surface area contributed by atoms with Crippen LogP contribution in [0.3, 0.4) is 0 Å². The van der Waals surface area contributed by atoms with Crippen LogP contribution in [0.5, 0.6) is 0 Å². The largest absolute Gasteiger partial charge is 0.303 e. The van der Waals surface area contributed by atoms with Crippen molar-refractivity contribution in [3.05, 3.63) is 24.5 Å². The van der Waals surface area contributed by atoms with Crippen LogP contribution in [0.4, 0.5) is 0 Å². The minimum absolute atomic E-state index is 0.964. The first-order valence-electron chi connectivity index (χ1n) is 9.07. The van der Waals surface area contributed by atoms with Gasteiger partial charge in [-0.05, 0) is 44.5 Å². The van der Waals surface area contributed by atoms with Crippen LogP contribution in [0.25, 0.3) is 11.4 Å². The van der Waals surface area contributed by atoms with E-state index in [0.29, 0.717) is 0 Å². The van der Waals surface area contributed by atoms with Crippen molar-refractivity contribution < 1.29 is 0 Å². The van der Waals surface area contributed by atoms with Gasteiger partial charge in [-0.25, -0.2) is 0 Å². The van der Waals surface area contributed by atoms with Crippen molar-refractivity contribution in [2.24, 2.45) is 0 Å². The maximum Gasteiger partial charge on any atom is 0.191 e. The molecule has 0 N–H and O–H groups in total. The summed E-state index contributed by atoms with van der Waals surface area (Å²) in [6, 6.07) is 4.02. The average molecular weight is 346 g/mol. The van der Waals surface area contributed by atoms with Gasteiger partial charge in [0.25, 0.3) is 0 Å². The Balaban J connectivity index is 1.66. The highest BCUT2D eigenvalue weighted by Crippen LogP contribution is 2.24. The molecule has 0 aliphatic carbocycles. The van der Waals surface area contributed by atoms with Gasteiger partial charge in [-0.3, -0.25) is 4.98 Å². The number of hydrogen-bond acceptors (Lipinski definition) is 5. The summed E-state index contributed by atoms with van der Waals surface area (Å²) >= 11 is 1.84. The quantitative estimate of drug-likeness (QED) is 0.682. The summed E-state index contributed by atoms with van der Waals surface area (Å²) in [5.74, 6) is 2.05. The number of nitrogens with zero attached hydrogens (tertiary/aromatic N) is 5. The lowest BCUT2D eigenvalue weighted by atomic mass is 10.1. The van der Waals surface area contributed by atoms with Crippen molar-refractivity contribution >= 4 is 11.8 Å². The molecule has 0 atom stereocenters. The van der Waals surface area contributed by atoms with E-state index in [1.54, 1.807) is 0 Å². The molecular weight excluding hydrogens is 318 g/mol. The number of aromatic nitrogens is 4. The Kier molecular flexibility index (Phi) is 6.66. The van der Waals surface area contributed by atoms with Crippen LogP contribution < -0.4 is 0 Å². The van der Waals surface area contributed by atoms with Crippen LogP contribution in [0, 0.1) is 0 Å². The lowest BCUT2D eigenvalue weighted by Crippen LogP contribution is -2.31. The Bertz CT molecular complexity index is 607. The first-order valence-corrected chi connectivity index (χ1v) is 10.1. The maximum atomic E-state index is 4.47. The minimum Gasteiger partial charge on any atom is -0.303 e. The molecule has 0 aromatic carbocycles. The highest BCUT2D eigenvalue weighted by molar-refractivity contribution is 7.99. The van der Waals surface area contributed by atoms with Gasteiger partial charge in [0, 0.05) is 36.8 Å². The van der Waals surface area contributed by atoms with Crippen molar-refractivity contribution in [1.29, 1.82) is 0 Å². The van der Waals surface area contributed by atoms with Crippen molar-refractivity contribution in [2.45, 2.75) is 50.7 Å². The van der Waals surface area contributed by atoms with Gasteiger partial charge in [-0.1, -0.05) is 31.5 Å². The second kappa shape index (κ2) is 9.18. The predicted molar refractivity (Wildman–Crippen MR) is 99.2 cm³/mol. The third-order valence-corrected chi connectivity index (χ3v) is 5.42. The van der Waals surface area contributed by atoms with Gasteiger partial charge < -0.3 is 9.47 Å². The molecule has 5 nitrogen and oxygen atoms in total. The van der Waals surface area contributed by atoms with Gasteiger partial charge in [-0.15, -0.1) is 10.2 Å². The average Bonchev–Trinajstić information content (AvgIpc) is 3.04. The number of likely N-dealkylation sites (tertiary alicyclic amines) is 1. The normalized spacial score (nSPS) is 15.7. The van der Waals surface area contributed by atoms with E-state index in [2.05, 4.69) is 31.6 Å². The monoisotopic (exact) mass is 345 g/mol. The fraction of sp³-hybridized carbons (Fsp3) is 0.611. The number of pyridine rings is 1. The Labute approximate surface area is 148 Å². The topological polar surface area (TPSA) is 46.8 Å². The summed E-state index contributed by atoms with van der Waals surface area (Å²) in [6.07, 6.45) is 10.0. The summed E-state index contributed by atoms with van der Waals surface area (Å²) in [5.41, 5.74) is 1.09. The summed E-state index contributed by atoms with van der Waals surface area (Å²) in [5, 5.41) is 9.97. The molecule has 1 aliphatic heterocycles. The van der Waals surface area contributed by atoms with Gasteiger partial charge in [0.2, 0.25) is 0 Å². The molecule has 1 saturated heterocycles. The lowest BCUT2D eigenvalue weighted by Gasteiger charge is -2.25. The summed E-state index contributed by atoms with van der Waals surface area (Å²) in [4.78, 5) is 6.68. The molecule has 130 valence electrons. The molecule has 6 heteroatoms. The van der Waals surface area contributed by atoms with Crippen LogP contribution >= 0.6 is 11.8 Å². The molecule has 0 unspecified atom stereocenters. The Hall–Kier alpha value is -1.40. The smallest absolute Gasteiger partial charge is 0.191 e. The molecule has 0 spiro atoms. The number of piperidine rings is 1. The highest BCUT2D eigenvalue weighted by atomic mass is 32.2. The van der Waals surface area contributed by atoms with E-state index in [9.17, 15) is 0 Å². The number of hydrogen-bond donors (Lipinski definition) is 0. The molecule has 3 heterocycles. The van der Waals surface area contributed by atoms with Gasteiger partial charge in [0.1, 0.15) is 0 Å². The summed E-state index contributed by atoms with van der Waals surface area (Å²) in [7, 11) is 0. The Morgan fingerprint density at radius 2 is 1.83 bits per heavy atom. The fourth-order valence-electron chi connectivity index (χ4n) is 3.08.